The van der Waals surface area contributed by atoms with E-state index in [1.807, 2.05) is 24.3 Å². The van der Waals surface area contributed by atoms with Gasteiger partial charge in [-0.05, 0) is 93.9 Å². The van der Waals surface area contributed by atoms with Crippen LogP contribution in [0.3, 0.4) is 0 Å². The van der Waals surface area contributed by atoms with E-state index in [9.17, 15) is 18.7 Å². The first kappa shape index (κ1) is 25.6. The van der Waals surface area contributed by atoms with E-state index in [-0.39, 0.29) is 18.0 Å². The van der Waals surface area contributed by atoms with Crippen LogP contribution in [0.1, 0.15) is 49.9 Å². The number of hydrogen-bond acceptors (Lipinski definition) is 4. The minimum absolute atomic E-state index is 0.0314. The number of aliphatic hydroxyl groups is 1. The largest absolute Gasteiger partial charge is 0.493 e. The fraction of sp³-hybridized carbons (Fsp3) is 0.536. The van der Waals surface area contributed by atoms with Crippen LogP contribution in [0.2, 0.25) is 0 Å². The van der Waals surface area contributed by atoms with Gasteiger partial charge in [0, 0.05) is 19.6 Å². The normalized spacial score (nSPS) is 20.1. The van der Waals surface area contributed by atoms with Crippen molar-refractivity contribution in [3.63, 3.8) is 0 Å². The molecule has 0 saturated carbocycles. The highest BCUT2D eigenvalue weighted by atomic mass is 19.1. The van der Waals surface area contributed by atoms with E-state index in [2.05, 4.69) is 4.90 Å². The summed E-state index contributed by atoms with van der Waals surface area (Å²) in [5, 5.41) is 9.81. The van der Waals surface area contributed by atoms with E-state index in [1.165, 1.54) is 17.0 Å². The summed E-state index contributed by atoms with van der Waals surface area (Å²) >= 11 is 0. The second-order valence-electron chi connectivity index (χ2n) is 10.5. The Morgan fingerprint density at radius 1 is 1.06 bits per heavy atom. The number of rotatable bonds is 7. The first-order chi connectivity index (χ1) is 16.7. The molecule has 2 aliphatic heterocycles. The summed E-state index contributed by atoms with van der Waals surface area (Å²) in [5.74, 6) is 0.275. The molecule has 2 saturated heterocycles. The number of ether oxygens (including phenoxy) is 1. The predicted octanol–water partition coefficient (Wildman–Crippen LogP) is 4.93. The third-order valence-electron chi connectivity index (χ3n) is 6.86. The lowest BCUT2D eigenvalue weighted by atomic mass is 9.97. The number of β-amino-alcohol motifs (C(OH)–C–C–N with tert-alkyl or cyclic N) is 1. The Labute approximate surface area is 206 Å². The molecule has 2 aromatic carbocycles. The zero-order chi connectivity index (χ0) is 25.0. The molecular formula is C28H36F2N2O3. The number of piperidine rings is 2. The molecule has 2 fully saturated rings. The molecule has 5 nitrogen and oxygen atoms in total. The number of amides is 1. The lowest BCUT2D eigenvalue weighted by molar-refractivity contribution is 0.0470. The summed E-state index contributed by atoms with van der Waals surface area (Å²) in [5.41, 5.74) is 0.392. The topological polar surface area (TPSA) is 53.0 Å². The van der Waals surface area contributed by atoms with Gasteiger partial charge in [-0.3, -0.25) is 4.79 Å². The van der Waals surface area contributed by atoms with Gasteiger partial charge < -0.3 is 19.6 Å². The highest BCUT2D eigenvalue weighted by molar-refractivity contribution is 5.95. The molecule has 1 amide bonds. The second-order valence-corrected chi connectivity index (χ2v) is 10.5. The molecule has 2 aliphatic rings. The van der Waals surface area contributed by atoms with Crippen molar-refractivity contribution in [3.8, 4) is 16.9 Å². The minimum Gasteiger partial charge on any atom is -0.493 e. The fourth-order valence-corrected chi connectivity index (χ4v) is 4.98. The molecule has 4 rings (SSSR count). The molecule has 0 radical (unpaired) electrons. The SMILES string of the molecule is CC(C)(F)CN1CCC(COc2ccc(-c3ccc(C(=O)N4CCC[C@@H](O)C4)c(F)c3)cc2)CC1. The molecule has 1 atom stereocenters. The fourth-order valence-electron chi connectivity index (χ4n) is 4.98. The van der Waals surface area contributed by atoms with Crippen LogP contribution in [0, 0.1) is 11.7 Å². The summed E-state index contributed by atoms with van der Waals surface area (Å²) in [7, 11) is 0. The van der Waals surface area contributed by atoms with E-state index in [1.54, 1.807) is 19.9 Å². The highest BCUT2D eigenvalue weighted by Crippen LogP contribution is 2.27. The van der Waals surface area contributed by atoms with Gasteiger partial charge in [-0.15, -0.1) is 0 Å². The van der Waals surface area contributed by atoms with Gasteiger partial charge in [0.1, 0.15) is 17.2 Å². The standard InChI is InChI=1S/C28H36F2N2O3/c1-28(2,30)19-31-14-11-20(12-15-31)18-35-24-8-5-21(6-9-24)22-7-10-25(26(29)16-22)27(34)32-13-3-4-23(33)17-32/h5-10,16,20,23,33H,3-4,11-15,17-19H2,1-2H3/t23-/m1/s1. The quantitative estimate of drug-likeness (QED) is 0.603. The molecular weight excluding hydrogens is 450 g/mol. The third-order valence-corrected chi connectivity index (χ3v) is 6.86. The van der Waals surface area contributed by atoms with Crippen LogP contribution in [-0.4, -0.2) is 71.9 Å². The predicted molar refractivity (Wildman–Crippen MR) is 133 cm³/mol. The molecule has 0 aromatic heterocycles. The van der Waals surface area contributed by atoms with Crippen LogP contribution in [0.25, 0.3) is 11.1 Å². The van der Waals surface area contributed by atoms with Crippen molar-refractivity contribution in [2.75, 3.05) is 39.3 Å². The summed E-state index contributed by atoms with van der Waals surface area (Å²) < 4.78 is 34.6. The maximum atomic E-state index is 14.8. The lowest BCUT2D eigenvalue weighted by Crippen LogP contribution is -2.42. The van der Waals surface area contributed by atoms with Gasteiger partial charge in [-0.1, -0.05) is 18.2 Å². The summed E-state index contributed by atoms with van der Waals surface area (Å²) in [6.45, 7) is 6.91. The van der Waals surface area contributed by atoms with Crippen LogP contribution in [-0.2, 0) is 0 Å². The number of benzene rings is 2. The summed E-state index contributed by atoms with van der Waals surface area (Å²) in [4.78, 5) is 16.4. The monoisotopic (exact) mass is 486 g/mol. The first-order valence-electron chi connectivity index (χ1n) is 12.6. The average Bonchev–Trinajstić information content (AvgIpc) is 2.82. The number of alkyl halides is 1. The Morgan fingerprint density at radius 2 is 1.74 bits per heavy atom. The molecule has 0 unspecified atom stereocenters. The molecule has 0 aliphatic carbocycles. The third kappa shape index (κ3) is 7.01. The van der Waals surface area contributed by atoms with Crippen molar-refractivity contribution in [1.82, 2.24) is 9.80 Å². The lowest BCUT2D eigenvalue weighted by Gasteiger charge is -2.34. The number of aliphatic hydroxyl groups excluding tert-OH is 1. The molecule has 7 heteroatoms. The molecule has 0 spiro atoms. The van der Waals surface area contributed by atoms with Crippen molar-refractivity contribution in [1.29, 1.82) is 0 Å². The molecule has 0 bridgehead atoms. The smallest absolute Gasteiger partial charge is 0.256 e. The number of likely N-dealkylation sites (tertiary alicyclic amines) is 2. The van der Waals surface area contributed by atoms with E-state index >= 15 is 0 Å². The van der Waals surface area contributed by atoms with E-state index in [0.717, 1.165) is 43.7 Å². The van der Waals surface area contributed by atoms with Gasteiger partial charge in [0.2, 0.25) is 0 Å². The Balaban J connectivity index is 1.30. The number of nitrogens with zero attached hydrogens (tertiary/aromatic N) is 2. The van der Waals surface area contributed by atoms with Crippen molar-refractivity contribution >= 4 is 5.91 Å². The molecule has 35 heavy (non-hydrogen) atoms. The maximum Gasteiger partial charge on any atom is 0.256 e. The van der Waals surface area contributed by atoms with E-state index < -0.39 is 17.6 Å². The Hall–Kier alpha value is -2.51. The van der Waals surface area contributed by atoms with Gasteiger partial charge in [-0.2, -0.15) is 0 Å². The Bertz CT molecular complexity index is 998. The number of carbonyl (C=O) groups is 1. The van der Waals surface area contributed by atoms with Crippen molar-refractivity contribution in [2.45, 2.75) is 51.3 Å². The average molecular weight is 487 g/mol. The highest BCUT2D eigenvalue weighted by Gasteiger charge is 2.26. The van der Waals surface area contributed by atoms with Gasteiger partial charge in [-0.25, -0.2) is 8.78 Å². The Morgan fingerprint density at radius 3 is 2.37 bits per heavy atom. The number of halogens is 2. The Kier molecular flexibility index (Phi) is 8.07. The number of hydrogen-bond donors (Lipinski definition) is 1. The van der Waals surface area contributed by atoms with Gasteiger partial charge in [0.05, 0.1) is 18.3 Å². The molecule has 190 valence electrons. The summed E-state index contributed by atoms with van der Waals surface area (Å²) in [6.07, 6.45) is 2.84. The van der Waals surface area contributed by atoms with Crippen LogP contribution < -0.4 is 4.74 Å². The van der Waals surface area contributed by atoms with Crippen molar-refractivity contribution in [2.24, 2.45) is 5.92 Å². The number of carbonyl (C=O) groups excluding carboxylic acids is 1. The van der Waals surface area contributed by atoms with Gasteiger partial charge in [0.15, 0.2) is 0 Å². The van der Waals surface area contributed by atoms with Crippen LogP contribution >= 0.6 is 0 Å². The van der Waals surface area contributed by atoms with E-state index in [4.69, 9.17) is 4.74 Å². The second kappa shape index (κ2) is 11.0. The molecule has 1 N–H and O–H groups in total. The summed E-state index contributed by atoms with van der Waals surface area (Å²) in [6, 6.07) is 12.2. The van der Waals surface area contributed by atoms with Gasteiger partial charge in [0.25, 0.3) is 5.91 Å². The van der Waals surface area contributed by atoms with Crippen molar-refractivity contribution in [3.05, 3.63) is 53.8 Å². The van der Waals surface area contributed by atoms with Crippen LogP contribution in [0.5, 0.6) is 5.75 Å². The zero-order valence-corrected chi connectivity index (χ0v) is 20.7. The first-order valence-corrected chi connectivity index (χ1v) is 12.6. The van der Waals surface area contributed by atoms with E-state index in [0.29, 0.717) is 37.6 Å². The molecule has 2 aromatic rings. The minimum atomic E-state index is -1.17. The van der Waals surface area contributed by atoms with Crippen molar-refractivity contribution < 1.29 is 23.4 Å². The maximum absolute atomic E-state index is 14.8. The van der Waals surface area contributed by atoms with Crippen LogP contribution in [0.15, 0.2) is 42.5 Å². The molecule has 2 heterocycles. The zero-order valence-electron chi connectivity index (χ0n) is 20.7. The van der Waals surface area contributed by atoms with Gasteiger partial charge >= 0.3 is 0 Å². The van der Waals surface area contributed by atoms with Crippen LogP contribution in [0.4, 0.5) is 8.78 Å².